The van der Waals surface area contributed by atoms with Crippen molar-refractivity contribution in [2.24, 2.45) is 11.5 Å². The van der Waals surface area contributed by atoms with Crippen molar-refractivity contribution in [2.75, 3.05) is 12.0 Å². The monoisotopic (exact) mass is 377 g/mol. The molecule has 8 nitrogen and oxygen atoms in total. The minimum Gasteiger partial charge on any atom is -0.497 e. The van der Waals surface area contributed by atoms with Gasteiger partial charge in [0.05, 0.1) is 18.2 Å². The molecule has 0 spiro atoms. The fourth-order valence-corrected chi connectivity index (χ4v) is 3.29. The van der Waals surface area contributed by atoms with Crippen LogP contribution in [0, 0.1) is 0 Å². The van der Waals surface area contributed by atoms with E-state index < -0.39 is 12.1 Å². The normalized spacial score (nSPS) is 15.9. The summed E-state index contributed by atoms with van der Waals surface area (Å²) in [6.45, 7) is 0.345. The van der Waals surface area contributed by atoms with Crippen molar-refractivity contribution < 1.29 is 9.53 Å². The number of anilines is 1. The van der Waals surface area contributed by atoms with Gasteiger partial charge in [-0.25, -0.2) is 4.98 Å². The summed E-state index contributed by atoms with van der Waals surface area (Å²) >= 11 is 0. The van der Waals surface area contributed by atoms with Crippen molar-refractivity contribution in [1.29, 1.82) is 0 Å². The number of fused-ring (bicyclic) bond motifs is 2. The van der Waals surface area contributed by atoms with Crippen LogP contribution in [-0.2, 0) is 11.3 Å². The zero-order valence-corrected chi connectivity index (χ0v) is 15.2. The van der Waals surface area contributed by atoms with Crippen LogP contribution >= 0.6 is 0 Å². The molecule has 0 saturated heterocycles. The van der Waals surface area contributed by atoms with E-state index in [4.69, 9.17) is 16.2 Å². The molecule has 1 aliphatic rings. The predicted molar refractivity (Wildman–Crippen MR) is 106 cm³/mol. The zero-order valence-electron chi connectivity index (χ0n) is 15.2. The van der Waals surface area contributed by atoms with Gasteiger partial charge in [0.25, 0.3) is 5.56 Å². The van der Waals surface area contributed by atoms with Crippen LogP contribution in [0.4, 0.5) is 5.82 Å². The molecule has 4 N–H and O–H groups in total. The highest BCUT2D eigenvalue weighted by atomic mass is 16.5. The molecule has 1 amide bonds. The number of hydrogen-bond donors (Lipinski definition) is 2. The Morgan fingerprint density at radius 1 is 1.21 bits per heavy atom. The SMILES string of the molecule is COc1ccc(CN2c3nc4ccccn4c(=O)c3C=C(C(N)=O)C2N)cc1. The number of carbonyl (C=O) groups excluding carboxylic acids is 1. The largest absolute Gasteiger partial charge is 0.497 e. The van der Waals surface area contributed by atoms with Crippen LogP contribution in [-0.4, -0.2) is 28.6 Å². The summed E-state index contributed by atoms with van der Waals surface area (Å²) in [5.41, 5.74) is 13.4. The van der Waals surface area contributed by atoms with Crippen LogP contribution in [0.2, 0.25) is 0 Å². The van der Waals surface area contributed by atoms with Gasteiger partial charge in [-0.05, 0) is 35.9 Å². The third kappa shape index (κ3) is 2.89. The van der Waals surface area contributed by atoms with Gasteiger partial charge in [0, 0.05) is 12.7 Å². The summed E-state index contributed by atoms with van der Waals surface area (Å²) in [5.74, 6) is 0.479. The average Bonchev–Trinajstić information content (AvgIpc) is 2.70. The third-order valence-corrected chi connectivity index (χ3v) is 4.77. The fourth-order valence-electron chi connectivity index (χ4n) is 3.29. The van der Waals surface area contributed by atoms with Crippen molar-refractivity contribution in [3.63, 3.8) is 0 Å². The Bertz CT molecular complexity index is 1150. The molecule has 3 aromatic rings. The standard InChI is InChI=1S/C20H19N5O3/c1-28-13-7-5-12(6-8-13)11-25-17(21)14(18(22)26)10-15-19(25)23-16-4-2-3-9-24(16)20(15)27/h2-10,17H,11,21H2,1H3,(H2,22,26). The van der Waals surface area contributed by atoms with Crippen LogP contribution in [0.1, 0.15) is 11.1 Å². The first-order valence-electron chi connectivity index (χ1n) is 8.67. The smallest absolute Gasteiger partial charge is 0.267 e. The van der Waals surface area contributed by atoms with E-state index in [9.17, 15) is 9.59 Å². The molecule has 8 heteroatoms. The molecule has 142 valence electrons. The van der Waals surface area contributed by atoms with Gasteiger partial charge in [0.2, 0.25) is 5.91 Å². The third-order valence-electron chi connectivity index (χ3n) is 4.77. The Morgan fingerprint density at radius 2 is 1.96 bits per heavy atom. The summed E-state index contributed by atoms with van der Waals surface area (Å²) < 4.78 is 6.61. The minimum atomic E-state index is -0.815. The molecule has 4 rings (SSSR count). The van der Waals surface area contributed by atoms with Gasteiger partial charge in [0.15, 0.2) is 0 Å². The topological polar surface area (TPSA) is 116 Å². The van der Waals surface area contributed by atoms with E-state index >= 15 is 0 Å². The molecule has 0 aliphatic carbocycles. The van der Waals surface area contributed by atoms with Crippen molar-refractivity contribution in [1.82, 2.24) is 9.38 Å². The summed E-state index contributed by atoms with van der Waals surface area (Å²) in [5, 5.41) is 0. The number of carbonyl (C=O) groups is 1. The lowest BCUT2D eigenvalue weighted by atomic mass is 10.0. The molecule has 0 radical (unpaired) electrons. The predicted octanol–water partition coefficient (Wildman–Crippen LogP) is 0.877. The van der Waals surface area contributed by atoms with E-state index in [0.29, 0.717) is 18.0 Å². The molecular formula is C20H19N5O3. The maximum Gasteiger partial charge on any atom is 0.267 e. The second-order valence-electron chi connectivity index (χ2n) is 6.47. The summed E-state index contributed by atoms with van der Waals surface area (Å²) in [6, 6.07) is 12.7. The van der Waals surface area contributed by atoms with E-state index in [0.717, 1.165) is 11.3 Å². The molecule has 1 aliphatic heterocycles. The number of benzene rings is 1. The van der Waals surface area contributed by atoms with Crippen LogP contribution in [0.5, 0.6) is 5.75 Å². The average molecular weight is 377 g/mol. The van der Waals surface area contributed by atoms with Gasteiger partial charge in [-0.1, -0.05) is 18.2 Å². The molecule has 1 unspecified atom stereocenters. The number of pyridine rings is 1. The number of hydrogen-bond acceptors (Lipinski definition) is 6. The molecule has 2 aromatic heterocycles. The van der Waals surface area contributed by atoms with Crippen molar-refractivity contribution in [3.8, 4) is 5.75 Å². The Balaban J connectivity index is 1.88. The second kappa shape index (κ2) is 6.82. The maximum atomic E-state index is 13.0. The van der Waals surface area contributed by atoms with E-state index in [1.54, 1.807) is 36.4 Å². The summed E-state index contributed by atoms with van der Waals surface area (Å²) in [7, 11) is 1.60. The summed E-state index contributed by atoms with van der Waals surface area (Å²) in [4.78, 5) is 31.2. The van der Waals surface area contributed by atoms with Crippen LogP contribution in [0.15, 0.2) is 59.0 Å². The Morgan fingerprint density at radius 3 is 2.64 bits per heavy atom. The number of nitrogens with two attached hydrogens (primary N) is 2. The lowest BCUT2D eigenvalue weighted by Crippen LogP contribution is -2.49. The first-order valence-corrected chi connectivity index (χ1v) is 8.67. The molecular weight excluding hydrogens is 358 g/mol. The van der Waals surface area contributed by atoms with Gasteiger partial charge >= 0.3 is 0 Å². The number of ether oxygens (including phenoxy) is 1. The lowest BCUT2D eigenvalue weighted by Gasteiger charge is -2.35. The number of amides is 1. The Hall–Kier alpha value is -3.65. The highest BCUT2D eigenvalue weighted by molar-refractivity contribution is 6.00. The summed E-state index contributed by atoms with van der Waals surface area (Å²) in [6.07, 6.45) is 2.26. The lowest BCUT2D eigenvalue weighted by molar-refractivity contribution is -0.114. The van der Waals surface area contributed by atoms with Crippen molar-refractivity contribution in [3.05, 3.63) is 75.7 Å². The molecule has 0 bridgehead atoms. The van der Waals surface area contributed by atoms with Crippen LogP contribution in [0.25, 0.3) is 11.7 Å². The molecule has 0 saturated carbocycles. The molecule has 3 heterocycles. The molecule has 1 atom stereocenters. The number of nitrogens with zero attached hydrogens (tertiary/aromatic N) is 3. The maximum absolute atomic E-state index is 13.0. The van der Waals surface area contributed by atoms with Gasteiger partial charge < -0.3 is 21.1 Å². The highest BCUT2D eigenvalue weighted by Crippen LogP contribution is 2.29. The van der Waals surface area contributed by atoms with Gasteiger partial charge in [-0.2, -0.15) is 0 Å². The van der Waals surface area contributed by atoms with Crippen molar-refractivity contribution in [2.45, 2.75) is 12.7 Å². The molecule has 0 fully saturated rings. The van der Waals surface area contributed by atoms with Gasteiger partial charge in [0.1, 0.15) is 23.4 Å². The number of aromatic nitrogens is 2. The van der Waals surface area contributed by atoms with Gasteiger partial charge in [-0.3, -0.25) is 14.0 Å². The Kier molecular flexibility index (Phi) is 4.32. The fraction of sp³-hybridized carbons (Fsp3) is 0.150. The molecule has 28 heavy (non-hydrogen) atoms. The molecule has 1 aromatic carbocycles. The number of primary amides is 1. The van der Waals surface area contributed by atoms with E-state index in [1.807, 2.05) is 24.3 Å². The first kappa shape index (κ1) is 17.7. The Labute approximate surface area is 160 Å². The minimum absolute atomic E-state index is 0.163. The van der Waals surface area contributed by atoms with Crippen LogP contribution in [0.3, 0.4) is 0 Å². The van der Waals surface area contributed by atoms with E-state index in [-0.39, 0.29) is 16.7 Å². The zero-order chi connectivity index (χ0) is 19.8. The van der Waals surface area contributed by atoms with Crippen LogP contribution < -0.4 is 26.7 Å². The highest BCUT2D eigenvalue weighted by Gasteiger charge is 2.31. The number of rotatable bonds is 4. The second-order valence-corrected chi connectivity index (χ2v) is 6.47. The first-order chi connectivity index (χ1) is 13.5. The van der Waals surface area contributed by atoms with Gasteiger partial charge in [-0.15, -0.1) is 0 Å². The quantitative estimate of drug-likeness (QED) is 0.697. The van der Waals surface area contributed by atoms with Crippen molar-refractivity contribution >= 4 is 23.4 Å². The number of methoxy groups -OCH3 is 1. The van der Waals surface area contributed by atoms with E-state index in [1.165, 1.54) is 10.5 Å². The van der Waals surface area contributed by atoms with E-state index in [2.05, 4.69) is 4.98 Å².